The second-order valence-corrected chi connectivity index (χ2v) is 7.15. The number of halogens is 1. The highest BCUT2D eigenvalue weighted by atomic mass is 79.9. The minimum Gasteiger partial charge on any atom is -0.464 e. The molecule has 1 aromatic heterocycles. The summed E-state index contributed by atoms with van der Waals surface area (Å²) in [6, 6.07) is 26.4. The zero-order chi connectivity index (χ0) is 20.2. The summed E-state index contributed by atoms with van der Waals surface area (Å²) in [5.74, 6) is 1.05. The van der Waals surface area contributed by atoms with Crippen LogP contribution in [0.4, 0.5) is 0 Å². The number of methoxy groups -OCH3 is 1. The van der Waals surface area contributed by atoms with Crippen LogP contribution in [-0.2, 0) is 4.74 Å². The molecule has 0 spiro atoms. The van der Waals surface area contributed by atoms with E-state index in [2.05, 4.69) is 21.0 Å². The molecule has 0 bridgehead atoms. The van der Waals surface area contributed by atoms with Gasteiger partial charge in [0, 0.05) is 10.0 Å². The summed E-state index contributed by atoms with van der Waals surface area (Å²) in [5.41, 5.74) is 2.66. The normalized spacial score (nSPS) is 10.6. The van der Waals surface area contributed by atoms with E-state index >= 15 is 0 Å². The standard InChI is InChI=1S/C23H17BrN2O3/c1-28-23(27)22-15-21(25-26(22)18-11-9-17(24)10-12-18)16-7-13-20(14-8-16)29-19-5-3-2-4-6-19/h2-15H,1H3. The van der Waals surface area contributed by atoms with Crippen molar-refractivity contribution < 1.29 is 14.3 Å². The SMILES string of the molecule is COC(=O)c1cc(-c2ccc(Oc3ccccc3)cc2)nn1-c1ccc(Br)cc1. The van der Waals surface area contributed by atoms with Crippen LogP contribution in [0.2, 0.25) is 0 Å². The number of nitrogens with zero attached hydrogens (tertiary/aromatic N) is 2. The van der Waals surface area contributed by atoms with Crippen molar-refractivity contribution in [3.8, 4) is 28.4 Å². The zero-order valence-corrected chi connectivity index (χ0v) is 17.2. The maximum absolute atomic E-state index is 12.3. The lowest BCUT2D eigenvalue weighted by atomic mass is 10.1. The maximum atomic E-state index is 12.3. The van der Waals surface area contributed by atoms with Crippen molar-refractivity contribution in [3.63, 3.8) is 0 Å². The molecule has 0 aliphatic carbocycles. The third-order valence-corrected chi connectivity index (χ3v) is 4.83. The highest BCUT2D eigenvalue weighted by Gasteiger charge is 2.18. The quantitative estimate of drug-likeness (QED) is 0.357. The summed E-state index contributed by atoms with van der Waals surface area (Å²) >= 11 is 3.42. The Bertz CT molecular complexity index is 1120. The summed E-state index contributed by atoms with van der Waals surface area (Å²) < 4.78 is 13.3. The van der Waals surface area contributed by atoms with Crippen LogP contribution in [0.25, 0.3) is 16.9 Å². The summed E-state index contributed by atoms with van der Waals surface area (Å²) in [4.78, 5) is 12.3. The summed E-state index contributed by atoms with van der Waals surface area (Å²) in [7, 11) is 1.36. The Morgan fingerprint density at radius 1 is 0.897 bits per heavy atom. The molecule has 4 rings (SSSR count). The van der Waals surface area contributed by atoms with Gasteiger partial charge < -0.3 is 9.47 Å². The third kappa shape index (κ3) is 4.22. The summed E-state index contributed by atoms with van der Waals surface area (Å²) in [5, 5.41) is 4.62. The molecule has 29 heavy (non-hydrogen) atoms. The Kier molecular flexibility index (Phi) is 5.44. The highest BCUT2D eigenvalue weighted by Crippen LogP contribution is 2.27. The fraction of sp³-hybridized carbons (Fsp3) is 0.0435. The van der Waals surface area contributed by atoms with E-state index < -0.39 is 5.97 Å². The van der Waals surface area contributed by atoms with Gasteiger partial charge in [-0.3, -0.25) is 0 Å². The molecule has 0 fully saturated rings. The van der Waals surface area contributed by atoms with Gasteiger partial charge >= 0.3 is 5.97 Å². The number of ether oxygens (including phenoxy) is 2. The molecular formula is C23H17BrN2O3. The van der Waals surface area contributed by atoms with Gasteiger partial charge in [-0.1, -0.05) is 34.1 Å². The average Bonchev–Trinajstić information content (AvgIpc) is 3.20. The molecule has 0 atom stereocenters. The first-order valence-electron chi connectivity index (χ1n) is 8.92. The number of rotatable bonds is 5. The number of esters is 1. The van der Waals surface area contributed by atoms with E-state index in [0.717, 1.165) is 27.2 Å². The van der Waals surface area contributed by atoms with E-state index in [4.69, 9.17) is 9.47 Å². The van der Waals surface area contributed by atoms with Crippen LogP contribution in [0, 0.1) is 0 Å². The zero-order valence-electron chi connectivity index (χ0n) is 15.6. The van der Waals surface area contributed by atoms with Gasteiger partial charge in [-0.25, -0.2) is 9.48 Å². The van der Waals surface area contributed by atoms with Crippen molar-refractivity contribution in [2.45, 2.75) is 0 Å². The van der Waals surface area contributed by atoms with Crippen molar-refractivity contribution in [1.82, 2.24) is 9.78 Å². The fourth-order valence-electron chi connectivity index (χ4n) is 2.87. The topological polar surface area (TPSA) is 53.4 Å². The molecule has 0 saturated carbocycles. The number of para-hydroxylation sites is 1. The first-order valence-corrected chi connectivity index (χ1v) is 9.71. The molecule has 0 N–H and O–H groups in total. The lowest BCUT2D eigenvalue weighted by Crippen LogP contribution is -2.10. The highest BCUT2D eigenvalue weighted by molar-refractivity contribution is 9.10. The number of carbonyl (C=O) groups excluding carboxylic acids is 1. The van der Waals surface area contributed by atoms with Crippen molar-refractivity contribution in [3.05, 3.63) is 95.1 Å². The Labute approximate surface area is 176 Å². The predicted molar refractivity (Wildman–Crippen MR) is 115 cm³/mol. The molecule has 0 amide bonds. The van der Waals surface area contributed by atoms with Crippen molar-refractivity contribution >= 4 is 21.9 Å². The van der Waals surface area contributed by atoms with Gasteiger partial charge in [0.1, 0.15) is 11.5 Å². The first-order chi connectivity index (χ1) is 14.1. The average molecular weight is 449 g/mol. The van der Waals surface area contributed by atoms with Gasteiger partial charge in [-0.2, -0.15) is 5.10 Å². The number of carbonyl (C=O) groups is 1. The molecule has 144 valence electrons. The fourth-order valence-corrected chi connectivity index (χ4v) is 3.13. The molecule has 0 saturated heterocycles. The number of hydrogen-bond acceptors (Lipinski definition) is 4. The number of hydrogen-bond donors (Lipinski definition) is 0. The van der Waals surface area contributed by atoms with Crippen LogP contribution in [0.15, 0.2) is 89.4 Å². The van der Waals surface area contributed by atoms with E-state index in [1.165, 1.54) is 7.11 Å². The molecular weight excluding hydrogens is 432 g/mol. The second kappa shape index (κ2) is 8.32. The van der Waals surface area contributed by atoms with Gasteiger partial charge in [0.2, 0.25) is 0 Å². The van der Waals surface area contributed by atoms with Crippen LogP contribution in [0.3, 0.4) is 0 Å². The van der Waals surface area contributed by atoms with E-state index in [9.17, 15) is 4.79 Å². The van der Waals surface area contributed by atoms with E-state index in [1.54, 1.807) is 10.7 Å². The monoisotopic (exact) mass is 448 g/mol. The Balaban J connectivity index is 1.66. The van der Waals surface area contributed by atoms with Crippen molar-refractivity contribution in [1.29, 1.82) is 0 Å². The molecule has 4 aromatic rings. The molecule has 0 unspecified atom stereocenters. The maximum Gasteiger partial charge on any atom is 0.356 e. The third-order valence-electron chi connectivity index (χ3n) is 4.30. The van der Waals surface area contributed by atoms with Crippen LogP contribution < -0.4 is 4.74 Å². The Morgan fingerprint density at radius 3 is 2.21 bits per heavy atom. The molecule has 6 heteroatoms. The second-order valence-electron chi connectivity index (χ2n) is 6.23. The van der Waals surface area contributed by atoms with E-state index in [1.807, 2.05) is 78.9 Å². The lowest BCUT2D eigenvalue weighted by Gasteiger charge is -2.06. The molecule has 1 heterocycles. The number of benzene rings is 3. The minimum atomic E-state index is -0.448. The summed E-state index contributed by atoms with van der Waals surface area (Å²) in [6.07, 6.45) is 0. The largest absolute Gasteiger partial charge is 0.464 e. The Hall–Kier alpha value is -3.38. The van der Waals surface area contributed by atoms with E-state index in [0.29, 0.717) is 11.4 Å². The van der Waals surface area contributed by atoms with Gasteiger partial charge in [0.15, 0.2) is 5.69 Å². The van der Waals surface area contributed by atoms with Crippen LogP contribution in [0.5, 0.6) is 11.5 Å². The smallest absolute Gasteiger partial charge is 0.356 e. The Morgan fingerprint density at radius 2 is 1.55 bits per heavy atom. The predicted octanol–water partition coefficient (Wildman–Crippen LogP) is 5.88. The van der Waals surface area contributed by atoms with Gasteiger partial charge in [0.05, 0.1) is 18.5 Å². The summed E-state index contributed by atoms with van der Waals surface area (Å²) in [6.45, 7) is 0. The first kappa shape index (κ1) is 19.0. The molecule has 0 aliphatic heterocycles. The molecule has 0 radical (unpaired) electrons. The van der Waals surface area contributed by atoms with Crippen LogP contribution in [0.1, 0.15) is 10.5 Å². The van der Waals surface area contributed by atoms with E-state index in [-0.39, 0.29) is 0 Å². The van der Waals surface area contributed by atoms with Gasteiger partial charge in [-0.05, 0) is 66.7 Å². The van der Waals surface area contributed by atoms with Gasteiger partial charge in [0.25, 0.3) is 0 Å². The van der Waals surface area contributed by atoms with Crippen molar-refractivity contribution in [2.24, 2.45) is 0 Å². The van der Waals surface area contributed by atoms with Crippen LogP contribution in [-0.4, -0.2) is 22.9 Å². The lowest BCUT2D eigenvalue weighted by molar-refractivity contribution is 0.0590. The molecule has 0 aliphatic rings. The van der Waals surface area contributed by atoms with Gasteiger partial charge in [-0.15, -0.1) is 0 Å². The molecule has 5 nitrogen and oxygen atoms in total. The van der Waals surface area contributed by atoms with Crippen LogP contribution >= 0.6 is 15.9 Å². The van der Waals surface area contributed by atoms with Crippen molar-refractivity contribution in [2.75, 3.05) is 7.11 Å². The molecule has 3 aromatic carbocycles. The number of aromatic nitrogens is 2. The minimum absolute atomic E-state index is 0.356.